The Labute approximate surface area is 214 Å². The summed E-state index contributed by atoms with van der Waals surface area (Å²) in [4.78, 5) is 4.92. The molecule has 0 amide bonds. The van der Waals surface area contributed by atoms with Crippen LogP contribution in [0, 0.1) is 0 Å². The van der Waals surface area contributed by atoms with E-state index in [1.807, 2.05) is 24.4 Å². The zero-order chi connectivity index (χ0) is 24.3. The van der Waals surface area contributed by atoms with E-state index >= 15 is 0 Å². The van der Waals surface area contributed by atoms with Crippen LogP contribution in [0.1, 0.15) is 0 Å². The van der Waals surface area contributed by atoms with Gasteiger partial charge in [-0.3, -0.25) is 0 Å². The second-order valence-electron chi connectivity index (χ2n) is 9.65. The van der Waals surface area contributed by atoms with E-state index in [1.54, 1.807) is 0 Å². The van der Waals surface area contributed by atoms with E-state index in [1.165, 1.54) is 54.2 Å². The number of aromatic nitrogens is 2. The van der Waals surface area contributed by atoms with Gasteiger partial charge in [0.2, 0.25) is 0 Å². The van der Waals surface area contributed by atoms with Crippen LogP contribution in [0.3, 0.4) is 0 Å². The van der Waals surface area contributed by atoms with Crippen LogP contribution >= 0.6 is 0 Å². The number of pyridine rings is 1. The molecular weight excluding hydrogens is 448 g/mol. The monoisotopic (exact) mass is 470 g/mol. The Morgan fingerprint density at radius 3 is 1.89 bits per heavy atom. The van der Waals surface area contributed by atoms with Crippen molar-refractivity contribution in [3.8, 4) is 22.4 Å². The smallest absolute Gasteiger partial charge is 0.137 e. The van der Waals surface area contributed by atoms with Gasteiger partial charge in [-0.2, -0.15) is 0 Å². The summed E-state index contributed by atoms with van der Waals surface area (Å²) >= 11 is 0. The maximum atomic E-state index is 4.92. The first-order valence-corrected chi connectivity index (χ1v) is 12.6. The van der Waals surface area contributed by atoms with Crippen LogP contribution in [0.25, 0.3) is 71.1 Å². The summed E-state index contributed by atoms with van der Waals surface area (Å²) in [6, 6.07) is 43.7. The maximum Gasteiger partial charge on any atom is 0.137 e. The predicted octanol–water partition coefficient (Wildman–Crippen LogP) is 9.28. The molecule has 0 saturated carbocycles. The summed E-state index contributed by atoms with van der Waals surface area (Å²) in [5.41, 5.74) is 5.60. The third kappa shape index (κ3) is 3.03. The lowest BCUT2D eigenvalue weighted by molar-refractivity contribution is 1.19. The van der Waals surface area contributed by atoms with Crippen LogP contribution in [0.2, 0.25) is 0 Å². The van der Waals surface area contributed by atoms with Gasteiger partial charge in [0.15, 0.2) is 0 Å². The quantitative estimate of drug-likeness (QED) is 0.230. The number of benzene rings is 6. The highest BCUT2D eigenvalue weighted by Gasteiger charge is 2.15. The standard InChI is InChI=1S/C35H22N2/c1-2-10-25-23(9-1)16-17-24-21-32(28-13-5-6-14-31(28)35(24)25)29-18-19-30(27-12-4-3-11-26(27)29)33-22-37-20-8-7-15-34(37)36-33/h1-22H. The van der Waals surface area contributed by atoms with Crippen LogP contribution in [0.5, 0.6) is 0 Å². The molecule has 8 aromatic rings. The van der Waals surface area contributed by atoms with Gasteiger partial charge in [-0.15, -0.1) is 0 Å². The third-order valence-electron chi connectivity index (χ3n) is 7.60. The molecular formula is C35H22N2. The Kier molecular flexibility index (Phi) is 4.26. The largest absolute Gasteiger partial charge is 0.306 e. The average molecular weight is 471 g/mol. The minimum atomic E-state index is 0.957. The molecule has 6 aromatic carbocycles. The first-order chi connectivity index (χ1) is 18.3. The fourth-order valence-corrected chi connectivity index (χ4v) is 5.92. The molecule has 0 aliphatic carbocycles. The first kappa shape index (κ1) is 20.3. The number of hydrogen-bond acceptors (Lipinski definition) is 1. The summed E-state index contributed by atoms with van der Waals surface area (Å²) in [5.74, 6) is 0. The van der Waals surface area contributed by atoms with Gasteiger partial charge >= 0.3 is 0 Å². The number of rotatable bonds is 2. The average Bonchev–Trinajstić information content (AvgIpc) is 3.40. The second kappa shape index (κ2) is 7.78. The van der Waals surface area contributed by atoms with Crippen molar-refractivity contribution in [1.29, 1.82) is 0 Å². The molecule has 0 aliphatic rings. The van der Waals surface area contributed by atoms with E-state index in [4.69, 9.17) is 4.98 Å². The lowest BCUT2D eigenvalue weighted by atomic mass is 9.88. The van der Waals surface area contributed by atoms with E-state index in [9.17, 15) is 0 Å². The fourth-order valence-electron chi connectivity index (χ4n) is 5.92. The van der Waals surface area contributed by atoms with Crippen LogP contribution in [0.15, 0.2) is 134 Å². The summed E-state index contributed by atoms with van der Waals surface area (Å²) in [7, 11) is 0. The summed E-state index contributed by atoms with van der Waals surface area (Å²) < 4.78 is 2.08. The van der Waals surface area contributed by atoms with Crippen molar-refractivity contribution >= 4 is 48.7 Å². The van der Waals surface area contributed by atoms with E-state index in [0.717, 1.165) is 16.9 Å². The summed E-state index contributed by atoms with van der Waals surface area (Å²) in [5, 5.41) is 10.2. The molecule has 2 heterocycles. The number of nitrogens with zero attached hydrogens (tertiary/aromatic N) is 2. The highest BCUT2D eigenvalue weighted by molar-refractivity contribution is 6.24. The molecule has 2 nitrogen and oxygen atoms in total. The topological polar surface area (TPSA) is 17.3 Å². The Bertz CT molecular complexity index is 2120. The molecule has 0 unspecified atom stereocenters. The Morgan fingerprint density at radius 1 is 0.459 bits per heavy atom. The van der Waals surface area contributed by atoms with Crippen molar-refractivity contribution in [2.45, 2.75) is 0 Å². The molecule has 37 heavy (non-hydrogen) atoms. The van der Waals surface area contributed by atoms with Crippen LogP contribution in [-0.2, 0) is 0 Å². The molecule has 8 rings (SSSR count). The van der Waals surface area contributed by atoms with Gasteiger partial charge in [0.1, 0.15) is 5.65 Å². The fraction of sp³-hybridized carbons (Fsp3) is 0. The van der Waals surface area contributed by atoms with Gasteiger partial charge < -0.3 is 4.40 Å². The zero-order valence-electron chi connectivity index (χ0n) is 20.1. The minimum Gasteiger partial charge on any atom is -0.306 e. The highest BCUT2D eigenvalue weighted by Crippen LogP contribution is 2.42. The van der Waals surface area contributed by atoms with Gasteiger partial charge in [0.05, 0.1) is 5.69 Å². The van der Waals surface area contributed by atoms with E-state index in [2.05, 4.69) is 114 Å². The summed E-state index contributed by atoms with van der Waals surface area (Å²) in [6.07, 6.45) is 4.17. The van der Waals surface area contributed by atoms with Crippen molar-refractivity contribution < 1.29 is 0 Å². The highest BCUT2D eigenvalue weighted by atomic mass is 15.0. The van der Waals surface area contributed by atoms with Gasteiger partial charge in [-0.05, 0) is 72.4 Å². The second-order valence-corrected chi connectivity index (χ2v) is 9.65. The molecule has 0 atom stereocenters. The van der Waals surface area contributed by atoms with E-state index in [-0.39, 0.29) is 0 Å². The van der Waals surface area contributed by atoms with Gasteiger partial charge in [0, 0.05) is 18.0 Å². The normalized spacial score (nSPS) is 11.8. The number of imidazole rings is 1. The molecule has 2 aromatic heterocycles. The SMILES string of the molecule is c1ccc2c(c1)ccc1cc(-c3ccc(-c4cn5ccccc5n4)c4ccccc34)c3ccccc3c12. The van der Waals surface area contributed by atoms with Crippen molar-refractivity contribution in [1.82, 2.24) is 9.38 Å². The Balaban J connectivity index is 1.44. The Morgan fingerprint density at radius 2 is 1.08 bits per heavy atom. The predicted molar refractivity (Wildman–Crippen MR) is 156 cm³/mol. The van der Waals surface area contributed by atoms with Crippen molar-refractivity contribution in [3.05, 3.63) is 134 Å². The lowest BCUT2D eigenvalue weighted by Gasteiger charge is -2.16. The molecule has 2 heteroatoms. The van der Waals surface area contributed by atoms with Crippen LogP contribution in [-0.4, -0.2) is 9.38 Å². The zero-order valence-corrected chi connectivity index (χ0v) is 20.1. The first-order valence-electron chi connectivity index (χ1n) is 12.6. The van der Waals surface area contributed by atoms with Crippen molar-refractivity contribution in [2.75, 3.05) is 0 Å². The molecule has 0 saturated heterocycles. The van der Waals surface area contributed by atoms with Gasteiger partial charge in [-0.25, -0.2) is 4.98 Å². The number of hydrogen-bond donors (Lipinski definition) is 0. The van der Waals surface area contributed by atoms with Gasteiger partial charge in [-0.1, -0.05) is 103 Å². The minimum absolute atomic E-state index is 0.957. The third-order valence-corrected chi connectivity index (χ3v) is 7.60. The van der Waals surface area contributed by atoms with Crippen molar-refractivity contribution in [3.63, 3.8) is 0 Å². The van der Waals surface area contributed by atoms with Crippen molar-refractivity contribution in [2.24, 2.45) is 0 Å². The molecule has 0 bridgehead atoms. The van der Waals surface area contributed by atoms with Crippen LogP contribution < -0.4 is 0 Å². The summed E-state index contributed by atoms with van der Waals surface area (Å²) in [6.45, 7) is 0. The van der Waals surface area contributed by atoms with Crippen LogP contribution in [0.4, 0.5) is 0 Å². The maximum absolute atomic E-state index is 4.92. The molecule has 0 N–H and O–H groups in total. The molecule has 0 aliphatic heterocycles. The lowest BCUT2D eigenvalue weighted by Crippen LogP contribution is -1.89. The van der Waals surface area contributed by atoms with Gasteiger partial charge in [0.25, 0.3) is 0 Å². The van der Waals surface area contributed by atoms with E-state index < -0.39 is 0 Å². The Hall–Kier alpha value is -4.95. The van der Waals surface area contributed by atoms with E-state index in [0.29, 0.717) is 0 Å². The molecule has 172 valence electrons. The molecule has 0 fully saturated rings. The molecule has 0 spiro atoms. The molecule has 0 radical (unpaired) electrons. The number of fused-ring (bicyclic) bond motifs is 7.